The highest BCUT2D eigenvalue weighted by Crippen LogP contribution is 2.66. The molecule has 0 bridgehead atoms. The maximum atomic E-state index is 12.4. The van der Waals surface area contributed by atoms with E-state index in [2.05, 4.69) is 45.6 Å². The number of nitrogens with one attached hydrogen (secondary N) is 2. The number of nitrogens with two attached hydrogens (primary N) is 1. The Bertz CT molecular complexity index is 2500. The molecule has 1 fully saturated rings. The molecule has 1 aliphatic carbocycles. The average Bonchev–Trinajstić information content (AvgIpc) is 3.89. The van der Waals surface area contributed by atoms with E-state index in [9.17, 15) is 42.5 Å². The molecular weight excluding hydrogens is 892 g/mol. The first-order valence-electron chi connectivity index (χ1n) is 17.8. The molecule has 3 unspecified atom stereocenters. The van der Waals surface area contributed by atoms with Gasteiger partial charge in [0.05, 0.1) is 36.8 Å². The maximum absolute atomic E-state index is 12.4. The van der Waals surface area contributed by atoms with Crippen LogP contribution in [-0.4, -0.2) is 96.6 Å². The second-order valence-corrected chi connectivity index (χ2v) is 18.9. The average molecular weight is 931 g/mol. The number of ether oxygens (including phenoxy) is 2. The van der Waals surface area contributed by atoms with Gasteiger partial charge in [0.15, 0.2) is 0 Å². The molecule has 1 saturated heterocycles. The van der Waals surface area contributed by atoms with E-state index in [1.807, 2.05) is 48.5 Å². The van der Waals surface area contributed by atoms with Gasteiger partial charge in [-0.1, -0.05) is 60.4 Å². The van der Waals surface area contributed by atoms with Crippen molar-refractivity contribution in [3.63, 3.8) is 0 Å². The highest BCUT2D eigenvalue weighted by molar-refractivity contribution is 7.66. The van der Waals surface area contributed by atoms with Crippen molar-refractivity contribution in [1.82, 2.24) is 25.2 Å². The normalized spacial score (nSPS) is 19.1. The number of phosphoric ester groups is 2. The Balaban J connectivity index is 0.920. The Morgan fingerprint density at radius 2 is 1.54 bits per heavy atom. The number of alkyl carbamates (subject to hydrolysis) is 1. The van der Waals surface area contributed by atoms with E-state index in [0.29, 0.717) is 23.0 Å². The van der Waals surface area contributed by atoms with Crippen LogP contribution in [0.4, 0.5) is 10.6 Å². The minimum absolute atomic E-state index is 0.0554. The molecule has 9 N–H and O–H groups in total. The molecule has 2 amide bonds. The quantitative estimate of drug-likeness (QED) is 0.0403. The molecule has 0 spiro atoms. The van der Waals surface area contributed by atoms with Gasteiger partial charge in [0.25, 0.3) is 0 Å². The van der Waals surface area contributed by atoms with Crippen LogP contribution in [0.25, 0.3) is 22.2 Å². The molecule has 6 rings (SSSR count). The fourth-order valence-corrected chi connectivity index (χ4v) is 10.1. The van der Waals surface area contributed by atoms with Gasteiger partial charge < -0.3 is 54.9 Å². The highest BCUT2D eigenvalue weighted by Gasteiger charge is 2.41. The van der Waals surface area contributed by atoms with E-state index < -0.39 is 75.4 Å². The molecule has 2 aromatic carbocycles. The lowest BCUT2D eigenvalue weighted by Crippen LogP contribution is -2.29. The summed E-state index contributed by atoms with van der Waals surface area (Å²) in [5.74, 6) is 4.63. The number of hydrogen-bond acceptors (Lipinski definition) is 16. The predicted octanol–water partition coefficient (Wildman–Crippen LogP) is 3.17. The molecule has 4 aromatic rings. The lowest BCUT2D eigenvalue weighted by molar-refractivity contribution is -0.123. The Kier molecular flexibility index (Phi) is 14.6. The number of anilines is 1. The molecule has 61 heavy (non-hydrogen) atoms. The number of carbonyl (C=O) groups is 2. The van der Waals surface area contributed by atoms with Gasteiger partial charge in [0.2, 0.25) is 5.91 Å². The fourth-order valence-electron chi connectivity index (χ4n) is 6.39. The highest BCUT2D eigenvalue weighted by atomic mass is 31.3. The first-order chi connectivity index (χ1) is 28.8. The molecule has 2 aliphatic rings. The number of nitrogens with zero attached hydrogens (tertiary/aromatic N) is 3. The predicted molar refractivity (Wildman–Crippen MR) is 210 cm³/mol. The van der Waals surface area contributed by atoms with E-state index in [1.54, 1.807) is 4.57 Å². The van der Waals surface area contributed by atoms with Crippen LogP contribution in [0.3, 0.4) is 0 Å². The SMILES string of the molecule is Nc1ncnc2c1c(C#CCNC(=O)COP(=O)(O)OCCNC(=O)OCC1c3ccccc3-c3ccccc31)cn2[C@H]1CC[C@@H](COP(=O)(O)OP(=O)(O)OP(=O)(O)O)O1. The van der Waals surface area contributed by atoms with Crippen molar-refractivity contribution in [2.75, 3.05) is 45.3 Å². The van der Waals surface area contributed by atoms with Crippen molar-refractivity contribution in [2.24, 2.45) is 0 Å². The summed E-state index contributed by atoms with van der Waals surface area (Å²) in [6.07, 6.45) is 0.883. The zero-order valence-corrected chi connectivity index (χ0v) is 35.0. The number of carbonyl (C=O) groups excluding carboxylic acids is 2. The Morgan fingerprint density at radius 3 is 2.23 bits per heavy atom. The van der Waals surface area contributed by atoms with Crippen LogP contribution >= 0.6 is 31.3 Å². The summed E-state index contributed by atoms with van der Waals surface area (Å²) in [4.78, 5) is 79.3. The van der Waals surface area contributed by atoms with Crippen LogP contribution in [0.5, 0.6) is 0 Å². The van der Waals surface area contributed by atoms with Gasteiger partial charge in [-0.05, 0) is 35.1 Å². The van der Waals surface area contributed by atoms with Crippen molar-refractivity contribution in [3.05, 3.63) is 77.7 Å². The molecule has 3 heterocycles. The number of aromatic nitrogens is 3. The Labute approximate surface area is 345 Å². The van der Waals surface area contributed by atoms with E-state index in [4.69, 9.17) is 34.0 Å². The van der Waals surface area contributed by atoms with Gasteiger partial charge in [-0.25, -0.2) is 33.0 Å². The minimum atomic E-state index is -5.69. The molecule has 24 nitrogen and oxygen atoms in total. The summed E-state index contributed by atoms with van der Waals surface area (Å²) in [5.41, 5.74) is 10.9. The van der Waals surface area contributed by atoms with E-state index >= 15 is 0 Å². The Morgan fingerprint density at radius 1 is 0.852 bits per heavy atom. The molecule has 28 heteroatoms. The van der Waals surface area contributed by atoms with Crippen LogP contribution < -0.4 is 16.4 Å². The monoisotopic (exact) mass is 930 g/mol. The van der Waals surface area contributed by atoms with Crippen LogP contribution in [0.2, 0.25) is 0 Å². The van der Waals surface area contributed by atoms with E-state index in [0.717, 1.165) is 22.3 Å². The van der Waals surface area contributed by atoms with Crippen LogP contribution in [-0.2, 0) is 54.7 Å². The largest absolute Gasteiger partial charge is 0.490 e. The van der Waals surface area contributed by atoms with Crippen molar-refractivity contribution in [3.8, 4) is 23.0 Å². The summed E-state index contributed by atoms with van der Waals surface area (Å²) >= 11 is 0. The molecule has 5 atom stereocenters. The zero-order chi connectivity index (χ0) is 44.0. The van der Waals surface area contributed by atoms with Gasteiger partial charge in [0, 0.05) is 18.7 Å². The summed E-state index contributed by atoms with van der Waals surface area (Å²) in [5, 5.41) is 5.17. The third-order valence-corrected chi connectivity index (χ3v) is 13.6. The standard InChI is InChI=1S/C33H38N6O18P4/c34-31-30-21(16-39(32(30)38-20-37-31)29-12-11-22(55-29)17-53-60(47,48)57-61(49,50)56-58(42,43)44)6-5-13-35-28(40)19-54-59(45,46)52-15-14-36-33(41)51-18-27-25-9-3-1-7-23(25)24-8-2-4-10-26(24)27/h1-4,7-10,16,20,22,27,29H,11-15,17-19H2,(H,35,40)(H,36,41)(H,45,46)(H,47,48)(H,49,50)(H2,34,37,38)(H2,42,43,44)/t22-,29+/m0/s1. The van der Waals surface area contributed by atoms with Crippen molar-refractivity contribution in [2.45, 2.75) is 31.1 Å². The number of nitrogen functional groups attached to an aromatic ring is 1. The van der Waals surface area contributed by atoms with Gasteiger partial charge in [-0.2, -0.15) is 8.62 Å². The number of amides is 2. The maximum Gasteiger partial charge on any atom is 0.490 e. The van der Waals surface area contributed by atoms with Gasteiger partial charge in [-0.15, -0.1) is 0 Å². The second-order valence-electron chi connectivity index (χ2n) is 13.0. The van der Waals surface area contributed by atoms with Crippen molar-refractivity contribution < 1.29 is 84.0 Å². The van der Waals surface area contributed by atoms with Gasteiger partial charge in [0.1, 0.15) is 37.2 Å². The molecule has 0 saturated carbocycles. The molecule has 2 aromatic heterocycles. The van der Waals surface area contributed by atoms with Crippen LogP contribution in [0.15, 0.2) is 61.1 Å². The first-order valence-corrected chi connectivity index (χ1v) is 23.8. The number of rotatable bonds is 18. The van der Waals surface area contributed by atoms with Crippen molar-refractivity contribution >= 4 is 60.1 Å². The number of hydrogen-bond donors (Lipinski definition) is 8. The summed E-state index contributed by atoms with van der Waals surface area (Å²) < 4.78 is 81.4. The topological polar surface area (TPSA) is 349 Å². The zero-order valence-electron chi connectivity index (χ0n) is 31.4. The number of benzene rings is 2. The van der Waals surface area contributed by atoms with Gasteiger partial charge >= 0.3 is 37.4 Å². The smallest absolute Gasteiger partial charge is 0.449 e. The lowest BCUT2D eigenvalue weighted by atomic mass is 9.98. The number of fused-ring (bicyclic) bond motifs is 4. The molecule has 1 aliphatic heterocycles. The number of phosphoric acid groups is 4. The third kappa shape index (κ3) is 12.6. The molecule has 328 valence electrons. The Hall–Kier alpha value is -4.36. The van der Waals surface area contributed by atoms with Crippen LogP contribution in [0.1, 0.15) is 41.7 Å². The van der Waals surface area contributed by atoms with Crippen LogP contribution in [0, 0.1) is 11.8 Å². The van der Waals surface area contributed by atoms with E-state index in [1.165, 1.54) is 12.5 Å². The lowest BCUT2D eigenvalue weighted by Gasteiger charge is -2.19. The molecular formula is C33H38N6O18P4. The summed E-state index contributed by atoms with van der Waals surface area (Å²) in [7, 11) is -21.3. The minimum Gasteiger partial charge on any atom is -0.449 e. The van der Waals surface area contributed by atoms with E-state index in [-0.39, 0.29) is 37.9 Å². The second kappa shape index (κ2) is 19.4. The molecule has 0 radical (unpaired) electrons. The van der Waals surface area contributed by atoms with Gasteiger partial charge in [-0.3, -0.25) is 18.4 Å². The fraction of sp³-hybridized carbons (Fsp3) is 0.333. The third-order valence-electron chi connectivity index (χ3n) is 8.80. The first kappa shape index (κ1) is 46.2. The van der Waals surface area contributed by atoms with Crippen molar-refractivity contribution in [1.29, 1.82) is 0 Å². The summed E-state index contributed by atoms with van der Waals surface area (Å²) in [6, 6.07) is 15.7. The summed E-state index contributed by atoms with van der Waals surface area (Å²) in [6.45, 7) is -2.30.